The Hall–Kier alpha value is -0.300. The van der Waals surface area contributed by atoms with Gasteiger partial charge < -0.3 is 5.11 Å². The highest BCUT2D eigenvalue weighted by Gasteiger charge is 2.57. The first-order valence-electron chi connectivity index (χ1n) is 12.0. The van der Waals surface area contributed by atoms with Gasteiger partial charge in [-0.25, -0.2) is 0 Å². The first-order valence-corrected chi connectivity index (χ1v) is 12.0. The van der Waals surface area contributed by atoms with Gasteiger partial charge >= 0.3 is 0 Å². The molecule has 0 aromatic rings. The summed E-state index contributed by atoms with van der Waals surface area (Å²) >= 11 is 0. The maximum Gasteiger partial charge on any atom is 0.0496 e. The van der Waals surface area contributed by atoms with Crippen molar-refractivity contribution >= 4 is 0 Å². The molecule has 5 rings (SSSR count). The Morgan fingerprint density at radius 3 is 2.38 bits per heavy atom. The fraction of sp³-hybridized carbons (Fsp3) is 0.920. The van der Waals surface area contributed by atoms with Crippen molar-refractivity contribution in [2.45, 2.75) is 84.5 Å². The van der Waals surface area contributed by atoms with Crippen molar-refractivity contribution < 1.29 is 5.11 Å². The van der Waals surface area contributed by atoms with Crippen molar-refractivity contribution in [3.8, 4) is 0 Å². The zero-order chi connectivity index (χ0) is 17.9. The summed E-state index contributed by atoms with van der Waals surface area (Å²) in [6, 6.07) is 0. The third kappa shape index (κ3) is 2.51. The molecule has 0 amide bonds. The van der Waals surface area contributed by atoms with E-state index in [1.807, 2.05) is 0 Å². The van der Waals surface area contributed by atoms with E-state index in [9.17, 15) is 5.11 Å². The topological polar surface area (TPSA) is 20.2 Å². The zero-order valence-electron chi connectivity index (χ0n) is 17.1. The molecular weight excluding hydrogens is 316 g/mol. The number of aliphatic hydroxyl groups is 1. The monoisotopic (exact) mass is 356 g/mol. The third-order valence-corrected chi connectivity index (χ3v) is 10.0. The highest BCUT2D eigenvalue weighted by Crippen LogP contribution is 2.65. The Kier molecular flexibility index (Phi) is 4.54. The highest BCUT2D eigenvalue weighted by molar-refractivity contribution is 5.26. The van der Waals surface area contributed by atoms with Gasteiger partial charge in [-0.15, -0.1) is 0 Å². The molecule has 0 heterocycles. The first kappa shape index (κ1) is 17.8. The lowest BCUT2D eigenvalue weighted by molar-refractivity contribution is -0.0955. The number of aliphatic hydroxyl groups excluding tert-OH is 1. The van der Waals surface area contributed by atoms with Crippen molar-refractivity contribution in [3.63, 3.8) is 0 Å². The van der Waals surface area contributed by atoms with Gasteiger partial charge in [0.25, 0.3) is 0 Å². The summed E-state index contributed by atoms with van der Waals surface area (Å²) in [4.78, 5) is 0. The Morgan fingerprint density at radius 1 is 0.885 bits per heavy atom. The second kappa shape index (κ2) is 6.64. The second-order valence-corrected chi connectivity index (χ2v) is 11.1. The lowest BCUT2D eigenvalue weighted by atomic mass is 9.46. The summed E-state index contributed by atoms with van der Waals surface area (Å²) in [5, 5.41) is 10.4. The van der Waals surface area contributed by atoms with Crippen LogP contribution in [-0.4, -0.2) is 11.7 Å². The van der Waals surface area contributed by atoms with Crippen LogP contribution in [0.15, 0.2) is 11.6 Å². The zero-order valence-corrected chi connectivity index (χ0v) is 17.1. The molecule has 8 atom stereocenters. The van der Waals surface area contributed by atoms with Crippen LogP contribution in [0.1, 0.15) is 84.5 Å². The fourth-order valence-corrected chi connectivity index (χ4v) is 8.99. The van der Waals surface area contributed by atoms with Crippen molar-refractivity contribution in [3.05, 3.63) is 11.6 Å². The van der Waals surface area contributed by atoms with Crippen LogP contribution in [0.3, 0.4) is 0 Å². The van der Waals surface area contributed by atoms with Crippen LogP contribution < -0.4 is 0 Å². The molecule has 5 aliphatic carbocycles. The molecule has 0 aromatic heterocycles. The molecule has 1 N–H and O–H groups in total. The van der Waals surface area contributed by atoms with Gasteiger partial charge in [0, 0.05) is 12.0 Å². The summed E-state index contributed by atoms with van der Waals surface area (Å²) < 4.78 is 0. The Bertz CT molecular complexity index is 563. The molecule has 0 radical (unpaired) electrons. The van der Waals surface area contributed by atoms with Crippen molar-refractivity contribution in [2.24, 2.45) is 52.8 Å². The molecule has 0 spiro atoms. The van der Waals surface area contributed by atoms with E-state index in [-0.39, 0.29) is 5.41 Å². The average molecular weight is 357 g/mol. The minimum absolute atomic E-state index is 0.218. The number of hydrogen-bond acceptors (Lipinski definition) is 1. The van der Waals surface area contributed by atoms with E-state index in [4.69, 9.17) is 0 Å². The van der Waals surface area contributed by atoms with E-state index >= 15 is 0 Å². The van der Waals surface area contributed by atoms with E-state index in [1.165, 1.54) is 51.4 Å². The molecule has 1 heteroatoms. The van der Waals surface area contributed by atoms with Crippen molar-refractivity contribution in [2.75, 3.05) is 6.61 Å². The van der Waals surface area contributed by atoms with Gasteiger partial charge in [0.1, 0.15) is 0 Å². The van der Waals surface area contributed by atoms with E-state index in [0.717, 1.165) is 41.9 Å². The van der Waals surface area contributed by atoms with E-state index in [2.05, 4.69) is 19.9 Å². The average Bonchev–Trinajstić information content (AvgIpc) is 3.08. The van der Waals surface area contributed by atoms with Crippen LogP contribution in [0.4, 0.5) is 0 Å². The molecule has 0 bridgehead atoms. The molecule has 5 aliphatic rings. The summed E-state index contributed by atoms with van der Waals surface area (Å²) in [5.74, 6) is 7.48. The van der Waals surface area contributed by atoms with Crippen LogP contribution in [-0.2, 0) is 0 Å². The van der Waals surface area contributed by atoms with E-state index < -0.39 is 0 Å². The lowest BCUT2D eigenvalue weighted by Crippen LogP contribution is -2.52. The summed E-state index contributed by atoms with van der Waals surface area (Å²) in [6.07, 6.45) is 18.6. The van der Waals surface area contributed by atoms with Crippen LogP contribution in [0.25, 0.3) is 0 Å². The van der Waals surface area contributed by atoms with Crippen LogP contribution in [0.5, 0.6) is 0 Å². The third-order valence-electron chi connectivity index (χ3n) is 10.0. The smallest absolute Gasteiger partial charge is 0.0496 e. The highest BCUT2D eigenvalue weighted by atomic mass is 16.3. The van der Waals surface area contributed by atoms with Crippen molar-refractivity contribution in [1.29, 1.82) is 0 Å². The quantitative estimate of drug-likeness (QED) is 0.582. The first-order chi connectivity index (χ1) is 12.6. The number of fused-ring (bicyclic) bond motifs is 7. The predicted octanol–water partition coefficient (Wildman–Crippen LogP) is 6.22. The molecular formula is C25H40O. The van der Waals surface area contributed by atoms with Gasteiger partial charge in [-0.05, 0) is 98.7 Å². The Labute approximate surface area is 161 Å². The van der Waals surface area contributed by atoms with Crippen LogP contribution in [0, 0.1) is 52.8 Å². The molecule has 0 aliphatic heterocycles. The van der Waals surface area contributed by atoms with E-state index in [0.29, 0.717) is 18.4 Å². The van der Waals surface area contributed by atoms with Crippen molar-refractivity contribution in [1.82, 2.24) is 0 Å². The molecule has 0 aromatic carbocycles. The van der Waals surface area contributed by atoms with Gasteiger partial charge in [-0.1, -0.05) is 44.8 Å². The lowest BCUT2D eigenvalue weighted by Gasteiger charge is -2.59. The summed E-state index contributed by atoms with van der Waals surface area (Å²) in [7, 11) is 0. The number of allylic oxidation sites excluding steroid dienone is 2. The molecule has 8 unspecified atom stereocenters. The van der Waals surface area contributed by atoms with Gasteiger partial charge in [-0.2, -0.15) is 0 Å². The fourth-order valence-electron chi connectivity index (χ4n) is 8.99. The van der Waals surface area contributed by atoms with Gasteiger partial charge in [0.05, 0.1) is 0 Å². The van der Waals surface area contributed by atoms with Crippen LogP contribution in [0.2, 0.25) is 0 Å². The number of hydrogen-bond donors (Lipinski definition) is 1. The Balaban J connectivity index is 1.42. The van der Waals surface area contributed by atoms with Gasteiger partial charge in [0.2, 0.25) is 0 Å². The largest absolute Gasteiger partial charge is 0.396 e. The maximum atomic E-state index is 10.4. The van der Waals surface area contributed by atoms with E-state index in [1.54, 1.807) is 18.4 Å². The van der Waals surface area contributed by atoms with Gasteiger partial charge in [-0.3, -0.25) is 0 Å². The number of rotatable bonds is 2. The van der Waals surface area contributed by atoms with Crippen LogP contribution >= 0.6 is 0 Å². The second-order valence-electron chi connectivity index (χ2n) is 11.1. The molecule has 26 heavy (non-hydrogen) atoms. The molecule has 0 saturated heterocycles. The predicted molar refractivity (Wildman–Crippen MR) is 108 cm³/mol. The SMILES string of the molecule is CC(C)C1=CCC2(CO)CCC3C4CCC5CCCCC5C4CCC3C12. The molecule has 1 nitrogen and oxygen atoms in total. The minimum atomic E-state index is 0.218. The normalized spacial score (nSPS) is 50.5. The minimum Gasteiger partial charge on any atom is -0.396 e. The van der Waals surface area contributed by atoms with Gasteiger partial charge in [0.15, 0.2) is 0 Å². The molecule has 146 valence electrons. The standard InChI is InChI=1S/C25H40O/c1-16(2)18-11-13-25(15-26)14-12-22-21-8-7-17-5-3-4-6-19(17)20(21)9-10-23(22)24(18)25/h11,16-17,19-24,26H,3-10,12-15H2,1-2H3. The summed E-state index contributed by atoms with van der Waals surface area (Å²) in [6.45, 7) is 5.20. The summed E-state index contributed by atoms with van der Waals surface area (Å²) in [5.41, 5.74) is 1.94. The Morgan fingerprint density at radius 2 is 1.58 bits per heavy atom. The molecule has 4 fully saturated rings. The molecule has 4 saturated carbocycles. The maximum absolute atomic E-state index is 10.4.